The minimum absolute atomic E-state index is 0.0443. The van der Waals surface area contributed by atoms with Crippen molar-refractivity contribution in [1.29, 1.82) is 0 Å². The first kappa shape index (κ1) is 21.1. The first-order chi connectivity index (χ1) is 14.8. The molecule has 0 fully saturated rings. The third-order valence-electron chi connectivity index (χ3n) is 4.63. The highest BCUT2D eigenvalue weighted by Crippen LogP contribution is 2.39. The largest absolute Gasteiger partial charge is 0.482 e. The Hall–Kier alpha value is -3.11. The van der Waals surface area contributed by atoms with Gasteiger partial charge in [-0.2, -0.15) is 4.98 Å². The molecule has 0 bridgehead atoms. The van der Waals surface area contributed by atoms with Crippen molar-refractivity contribution in [2.24, 2.45) is 0 Å². The van der Waals surface area contributed by atoms with Crippen molar-refractivity contribution >= 4 is 38.9 Å². The van der Waals surface area contributed by atoms with Crippen molar-refractivity contribution in [1.82, 2.24) is 10.1 Å². The molecular formula is C20H19ClN4O5S. The predicted octanol–water partition coefficient (Wildman–Crippen LogP) is 3.32. The first-order valence-corrected chi connectivity index (χ1v) is 11.3. The average Bonchev–Trinajstić information content (AvgIpc) is 3.17. The molecule has 11 heteroatoms. The van der Waals surface area contributed by atoms with Gasteiger partial charge in [0.05, 0.1) is 17.3 Å². The number of sulfonamides is 1. The van der Waals surface area contributed by atoms with Crippen LogP contribution < -0.4 is 14.4 Å². The molecule has 162 valence electrons. The highest BCUT2D eigenvalue weighted by atomic mass is 35.5. The first-order valence-electron chi connectivity index (χ1n) is 9.44. The number of nitrogens with zero attached hydrogens (tertiary/aromatic N) is 3. The van der Waals surface area contributed by atoms with Crippen molar-refractivity contribution in [2.75, 3.05) is 16.2 Å². The van der Waals surface area contributed by atoms with Gasteiger partial charge in [0.2, 0.25) is 5.89 Å². The number of halogens is 1. The van der Waals surface area contributed by atoms with Gasteiger partial charge < -0.3 is 9.26 Å². The lowest BCUT2D eigenvalue weighted by molar-refractivity contribution is -0.121. The fourth-order valence-electron chi connectivity index (χ4n) is 3.14. The van der Waals surface area contributed by atoms with E-state index in [4.69, 9.17) is 20.9 Å². The Labute approximate surface area is 184 Å². The van der Waals surface area contributed by atoms with E-state index >= 15 is 0 Å². The van der Waals surface area contributed by atoms with Crippen LogP contribution in [0.4, 0.5) is 11.4 Å². The van der Waals surface area contributed by atoms with Gasteiger partial charge in [-0.25, -0.2) is 8.42 Å². The van der Waals surface area contributed by atoms with E-state index in [1.807, 2.05) is 19.9 Å². The van der Waals surface area contributed by atoms with Gasteiger partial charge >= 0.3 is 0 Å². The van der Waals surface area contributed by atoms with Gasteiger partial charge in [0.25, 0.3) is 15.9 Å². The second-order valence-corrected chi connectivity index (χ2v) is 9.01. The van der Waals surface area contributed by atoms with E-state index < -0.39 is 10.0 Å². The highest BCUT2D eigenvalue weighted by molar-refractivity contribution is 7.92. The third-order valence-corrected chi connectivity index (χ3v) is 6.47. The molecule has 1 N–H and O–H groups in total. The zero-order valence-corrected chi connectivity index (χ0v) is 18.3. The molecule has 2 heterocycles. The zero-order valence-electron chi connectivity index (χ0n) is 16.8. The summed E-state index contributed by atoms with van der Waals surface area (Å²) in [6.07, 6.45) is 0.571. The molecule has 3 aromatic rings. The summed E-state index contributed by atoms with van der Waals surface area (Å²) in [7, 11) is -3.99. The average molecular weight is 463 g/mol. The summed E-state index contributed by atoms with van der Waals surface area (Å²) in [5.41, 5.74) is 1.65. The van der Waals surface area contributed by atoms with E-state index in [1.54, 1.807) is 18.2 Å². The maximum Gasteiger partial charge on any atom is 0.265 e. The maximum absolute atomic E-state index is 12.9. The third kappa shape index (κ3) is 4.35. The fraction of sp³-hybridized carbons (Fsp3) is 0.250. The number of carbonyl (C=O) groups is 1. The molecule has 0 unspecified atom stereocenters. The van der Waals surface area contributed by atoms with Crippen molar-refractivity contribution < 1.29 is 22.5 Å². The number of hydrogen-bond donors (Lipinski definition) is 1. The molecule has 0 aliphatic carbocycles. The Bertz CT molecular complexity index is 1260. The van der Waals surface area contributed by atoms with Gasteiger partial charge in [-0.3, -0.25) is 14.4 Å². The lowest BCUT2D eigenvalue weighted by Crippen LogP contribution is -2.38. The van der Waals surface area contributed by atoms with Crippen LogP contribution in [0, 0.1) is 6.92 Å². The topological polar surface area (TPSA) is 115 Å². The summed E-state index contributed by atoms with van der Waals surface area (Å²) in [6, 6.07) is 9.65. The molecular weight excluding hydrogens is 444 g/mol. The Balaban J connectivity index is 1.67. The molecule has 2 aromatic carbocycles. The van der Waals surface area contributed by atoms with Gasteiger partial charge in [0, 0.05) is 18.2 Å². The predicted molar refractivity (Wildman–Crippen MR) is 114 cm³/mol. The lowest BCUT2D eigenvalue weighted by Gasteiger charge is -2.29. The Morgan fingerprint density at radius 3 is 2.77 bits per heavy atom. The van der Waals surface area contributed by atoms with Crippen LogP contribution in [0.25, 0.3) is 0 Å². The number of amides is 1. The van der Waals surface area contributed by atoms with E-state index in [0.29, 0.717) is 29.5 Å². The quantitative estimate of drug-likeness (QED) is 0.597. The second kappa shape index (κ2) is 8.20. The van der Waals surface area contributed by atoms with Crippen LogP contribution in [-0.4, -0.2) is 31.1 Å². The van der Waals surface area contributed by atoms with Crippen molar-refractivity contribution in [3.63, 3.8) is 0 Å². The number of hydrogen-bond acceptors (Lipinski definition) is 7. The molecule has 1 aliphatic heterocycles. The van der Waals surface area contributed by atoms with Crippen LogP contribution in [-0.2, 0) is 27.8 Å². The number of fused-ring (bicyclic) bond motifs is 1. The van der Waals surface area contributed by atoms with Crippen molar-refractivity contribution in [3.8, 4) is 5.75 Å². The smallest absolute Gasteiger partial charge is 0.265 e. The molecule has 1 aliphatic rings. The highest BCUT2D eigenvalue weighted by Gasteiger charge is 2.30. The minimum atomic E-state index is -3.99. The summed E-state index contributed by atoms with van der Waals surface area (Å²) in [5, 5.41) is 3.81. The van der Waals surface area contributed by atoms with Crippen molar-refractivity contribution in [2.45, 2.75) is 31.7 Å². The normalized spacial score (nSPS) is 13.6. The standard InChI is InChI=1S/C20H19ClN4O5S/c1-3-19-22-18(23-30-19)10-25-15-8-14(21)17(9-16(15)29-11-20(25)26)31(27,28)24-13-6-4-5-12(2)7-13/h4-9,24H,3,10-11H2,1-2H3. The summed E-state index contributed by atoms with van der Waals surface area (Å²) >= 11 is 6.32. The number of aryl methyl sites for hydroxylation is 2. The van der Waals surface area contributed by atoms with Crippen LogP contribution >= 0.6 is 11.6 Å². The van der Waals surface area contributed by atoms with E-state index in [1.165, 1.54) is 17.0 Å². The molecule has 1 aromatic heterocycles. The molecule has 0 spiro atoms. The van der Waals surface area contributed by atoms with E-state index in [2.05, 4.69) is 14.9 Å². The molecule has 0 saturated carbocycles. The van der Waals surface area contributed by atoms with Crippen LogP contribution in [0.15, 0.2) is 45.8 Å². The number of anilines is 2. The lowest BCUT2D eigenvalue weighted by atomic mass is 10.2. The zero-order chi connectivity index (χ0) is 22.2. The Kier molecular flexibility index (Phi) is 5.59. The van der Waals surface area contributed by atoms with Crippen LogP contribution in [0.5, 0.6) is 5.75 Å². The molecule has 0 saturated heterocycles. The van der Waals surface area contributed by atoms with Gasteiger partial charge in [0.1, 0.15) is 10.6 Å². The summed E-state index contributed by atoms with van der Waals surface area (Å²) in [6.45, 7) is 3.52. The van der Waals surface area contributed by atoms with Gasteiger partial charge in [0.15, 0.2) is 12.4 Å². The van der Waals surface area contributed by atoms with E-state index in [9.17, 15) is 13.2 Å². The maximum atomic E-state index is 12.9. The monoisotopic (exact) mass is 462 g/mol. The number of ether oxygens (including phenoxy) is 1. The number of carbonyl (C=O) groups excluding carboxylic acids is 1. The summed E-state index contributed by atoms with van der Waals surface area (Å²) in [5.74, 6) is 0.664. The molecule has 31 heavy (non-hydrogen) atoms. The van der Waals surface area contributed by atoms with Crippen LogP contribution in [0.3, 0.4) is 0 Å². The SMILES string of the molecule is CCc1nc(CN2C(=O)COc3cc(S(=O)(=O)Nc4cccc(C)c4)c(Cl)cc32)no1. The number of benzene rings is 2. The summed E-state index contributed by atoms with van der Waals surface area (Å²) < 4.78 is 38.9. The molecule has 9 nitrogen and oxygen atoms in total. The van der Waals surface area contributed by atoms with Crippen LogP contribution in [0.2, 0.25) is 5.02 Å². The molecule has 0 atom stereocenters. The van der Waals surface area contributed by atoms with Gasteiger partial charge in [-0.1, -0.05) is 35.8 Å². The molecule has 1 amide bonds. The summed E-state index contributed by atoms with van der Waals surface area (Å²) in [4.78, 5) is 17.9. The Morgan fingerprint density at radius 2 is 2.06 bits per heavy atom. The number of aromatic nitrogens is 2. The number of rotatable bonds is 6. The van der Waals surface area contributed by atoms with Gasteiger partial charge in [-0.05, 0) is 30.7 Å². The molecule has 4 rings (SSSR count). The molecule has 0 radical (unpaired) electrons. The van der Waals surface area contributed by atoms with Crippen LogP contribution in [0.1, 0.15) is 24.2 Å². The second-order valence-electron chi connectivity index (χ2n) is 6.95. The van der Waals surface area contributed by atoms with Gasteiger partial charge in [-0.15, -0.1) is 0 Å². The Morgan fingerprint density at radius 1 is 1.26 bits per heavy atom. The number of nitrogens with one attached hydrogen (secondary N) is 1. The van der Waals surface area contributed by atoms with E-state index in [-0.39, 0.29) is 34.7 Å². The fourth-order valence-corrected chi connectivity index (χ4v) is 4.73. The van der Waals surface area contributed by atoms with E-state index in [0.717, 1.165) is 5.56 Å². The minimum Gasteiger partial charge on any atom is -0.482 e. The van der Waals surface area contributed by atoms with Crippen molar-refractivity contribution in [3.05, 3.63) is 58.7 Å².